The Morgan fingerprint density at radius 1 is 1.12 bits per heavy atom. The van der Waals surface area contributed by atoms with E-state index in [-0.39, 0.29) is 12.5 Å². The van der Waals surface area contributed by atoms with Gasteiger partial charge in [-0.05, 0) is 24.6 Å². The lowest BCUT2D eigenvalue weighted by Gasteiger charge is -2.06. The van der Waals surface area contributed by atoms with Crippen molar-refractivity contribution in [2.45, 2.75) is 19.8 Å². The molecule has 6 nitrogen and oxygen atoms in total. The van der Waals surface area contributed by atoms with Crippen LogP contribution in [0.5, 0.6) is 5.75 Å². The monoisotopic (exact) mass is 350 g/mol. The summed E-state index contributed by atoms with van der Waals surface area (Å²) in [4.78, 5) is 16.3. The lowest BCUT2D eigenvalue weighted by Crippen LogP contribution is -2.30. The second-order valence-electron chi connectivity index (χ2n) is 6.06. The van der Waals surface area contributed by atoms with Gasteiger partial charge in [0.2, 0.25) is 0 Å². The number of aromatic nitrogens is 3. The first-order valence-electron chi connectivity index (χ1n) is 8.59. The van der Waals surface area contributed by atoms with Crippen molar-refractivity contribution >= 4 is 5.91 Å². The van der Waals surface area contributed by atoms with Gasteiger partial charge in [-0.25, -0.2) is 4.98 Å². The maximum Gasteiger partial charge on any atom is 0.257 e. The largest absolute Gasteiger partial charge is 0.484 e. The van der Waals surface area contributed by atoms with Gasteiger partial charge in [0.05, 0.1) is 0 Å². The zero-order valence-corrected chi connectivity index (χ0v) is 14.7. The number of rotatable bonds is 8. The van der Waals surface area contributed by atoms with Crippen molar-refractivity contribution in [1.82, 2.24) is 20.5 Å². The molecule has 0 bridgehead atoms. The minimum atomic E-state index is -0.163. The van der Waals surface area contributed by atoms with E-state index in [1.54, 1.807) is 0 Å². The number of para-hydroxylation sites is 1. The SMILES string of the molecule is Cc1ccc(Cc2nc(CCNC(=O)COc3ccccc3)n[nH]2)cc1. The topological polar surface area (TPSA) is 79.9 Å². The third-order valence-corrected chi connectivity index (χ3v) is 3.85. The van der Waals surface area contributed by atoms with Gasteiger partial charge in [0.25, 0.3) is 5.91 Å². The molecule has 0 aliphatic heterocycles. The Hall–Kier alpha value is -3.15. The fourth-order valence-electron chi connectivity index (χ4n) is 2.46. The number of carbonyl (C=O) groups excluding carboxylic acids is 1. The molecule has 0 spiro atoms. The third-order valence-electron chi connectivity index (χ3n) is 3.85. The second kappa shape index (κ2) is 8.80. The van der Waals surface area contributed by atoms with Gasteiger partial charge >= 0.3 is 0 Å². The highest BCUT2D eigenvalue weighted by Gasteiger charge is 2.06. The fourth-order valence-corrected chi connectivity index (χ4v) is 2.46. The van der Waals surface area contributed by atoms with E-state index in [9.17, 15) is 4.79 Å². The Labute approximate surface area is 152 Å². The molecule has 2 aromatic carbocycles. The van der Waals surface area contributed by atoms with Gasteiger partial charge in [-0.3, -0.25) is 9.89 Å². The average molecular weight is 350 g/mol. The van der Waals surface area contributed by atoms with Gasteiger partial charge in [0, 0.05) is 19.4 Å². The maximum atomic E-state index is 11.8. The van der Waals surface area contributed by atoms with Crippen LogP contribution in [0, 0.1) is 6.92 Å². The van der Waals surface area contributed by atoms with Gasteiger partial charge in [0.15, 0.2) is 12.4 Å². The summed E-state index contributed by atoms with van der Waals surface area (Å²) in [6, 6.07) is 17.6. The van der Waals surface area contributed by atoms with E-state index in [4.69, 9.17) is 4.74 Å². The van der Waals surface area contributed by atoms with Crippen molar-refractivity contribution in [3.63, 3.8) is 0 Å². The number of hydrogen-bond acceptors (Lipinski definition) is 4. The maximum absolute atomic E-state index is 11.8. The molecule has 6 heteroatoms. The highest BCUT2D eigenvalue weighted by atomic mass is 16.5. The van der Waals surface area contributed by atoms with Crippen LogP contribution in [-0.4, -0.2) is 34.2 Å². The van der Waals surface area contributed by atoms with Crippen LogP contribution in [0.15, 0.2) is 54.6 Å². The van der Waals surface area contributed by atoms with Gasteiger partial charge in [-0.15, -0.1) is 0 Å². The van der Waals surface area contributed by atoms with Crippen LogP contribution >= 0.6 is 0 Å². The molecule has 0 saturated carbocycles. The molecular formula is C20H22N4O2. The summed E-state index contributed by atoms with van der Waals surface area (Å²) in [5, 5.41) is 9.97. The van der Waals surface area contributed by atoms with Crippen LogP contribution in [0.3, 0.4) is 0 Å². The molecule has 1 aromatic heterocycles. The fraction of sp³-hybridized carbons (Fsp3) is 0.250. The van der Waals surface area contributed by atoms with Crippen LogP contribution in [0.4, 0.5) is 0 Å². The van der Waals surface area contributed by atoms with E-state index >= 15 is 0 Å². The molecule has 0 fully saturated rings. The van der Waals surface area contributed by atoms with Crippen LogP contribution in [0.2, 0.25) is 0 Å². The molecule has 3 rings (SSSR count). The Bertz CT molecular complexity index is 829. The first-order chi connectivity index (χ1) is 12.7. The Morgan fingerprint density at radius 2 is 1.88 bits per heavy atom. The number of hydrogen-bond donors (Lipinski definition) is 2. The summed E-state index contributed by atoms with van der Waals surface area (Å²) in [6.07, 6.45) is 1.28. The quantitative estimate of drug-likeness (QED) is 0.654. The minimum Gasteiger partial charge on any atom is -0.484 e. The van der Waals surface area contributed by atoms with Crippen molar-refractivity contribution < 1.29 is 9.53 Å². The standard InChI is InChI=1S/C20H22N4O2/c1-15-7-9-16(10-8-15)13-19-22-18(23-24-19)11-12-21-20(25)14-26-17-5-3-2-4-6-17/h2-10H,11-14H2,1H3,(H,21,25)(H,22,23,24). The Kier molecular flexibility index (Phi) is 5.98. The van der Waals surface area contributed by atoms with E-state index in [0.717, 1.165) is 5.82 Å². The van der Waals surface area contributed by atoms with Crippen LogP contribution in [0.1, 0.15) is 22.8 Å². The summed E-state index contributed by atoms with van der Waals surface area (Å²) in [5.41, 5.74) is 2.42. The summed E-state index contributed by atoms with van der Waals surface area (Å²) < 4.78 is 5.40. The van der Waals surface area contributed by atoms with E-state index in [1.807, 2.05) is 30.3 Å². The van der Waals surface area contributed by atoms with Crippen molar-refractivity contribution in [3.05, 3.63) is 77.4 Å². The van der Waals surface area contributed by atoms with Crippen molar-refractivity contribution in [3.8, 4) is 5.75 Å². The molecule has 1 heterocycles. The van der Waals surface area contributed by atoms with E-state index in [0.29, 0.717) is 31.0 Å². The van der Waals surface area contributed by atoms with Gasteiger partial charge in [-0.2, -0.15) is 5.10 Å². The lowest BCUT2D eigenvalue weighted by molar-refractivity contribution is -0.123. The summed E-state index contributed by atoms with van der Waals surface area (Å²) >= 11 is 0. The van der Waals surface area contributed by atoms with E-state index < -0.39 is 0 Å². The average Bonchev–Trinajstić information content (AvgIpc) is 3.10. The molecule has 0 aliphatic carbocycles. The van der Waals surface area contributed by atoms with Crippen molar-refractivity contribution in [1.29, 1.82) is 0 Å². The summed E-state index contributed by atoms with van der Waals surface area (Å²) in [7, 11) is 0. The number of nitrogens with zero attached hydrogens (tertiary/aromatic N) is 2. The molecule has 2 N–H and O–H groups in total. The van der Waals surface area contributed by atoms with E-state index in [2.05, 4.69) is 51.7 Å². The summed E-state index contributed by atoms with van der Waals surface area (Å²) in [5.74, 6) is 2.03. The van der Waals surface area contributed by atoms with Gasteiger partial charge < -0.3 is 10.1 Å². The van der Waals surface area contributed by atoms with Crippen LogP contribution < -0.4 is 10.1 Å². The molecule has 3 aromatic rings. The number of amides is 1. The number of benzene rings is 2. The highest BCUT2D eigenvalue weighted by molar-refractivity contribution is 5.77. The molecule has 0 saturated heterocycles. The third kappa shape index (κ3) is 5.44. The van der Waals surface area contributed by atoms with Gasteiger partial charge in [0.1, 0.15) is 11.6 Å². The van der Waals surface area contributed by atoms with Gasteiger partial charge in [-0.1, -0.05) is 48.0 Å². The first kappa shape index (κ1) is 17.7. The smallest absolute Gasteiger partial charge is 0.257 e. The Morgan fingerprint density at radius 3 is 2.65 bits per heavy atom. The molecule has 26 heavy (non-hydrogen) atoms. The lowest BCUT2D eigenvalue weighted by atomic mass is 10.1. The molecule has 1 amide bonds. The summed E-state index contributed by atoms with van der Waals surface area (Å²) in [6.45, 7) is 2.53. The first-order valence-corrected chi connectivity index (χ1v) is 8.59. The molecule has 0 aliphatic rings. The molecule has 134 valence electrons. The van der Waals surface area contributed by atoms with Crippen LogP contribution in [-0.2, 0) is 17.6 Å². The van der Waals surface area contributed by atoms with Crippen molar-refractivity contribution in [2.75, 3.05) is 13.2 Å². The minimum absolute atomic E-state index is 0.00329. The van der Waals surface area contributed by atoms with Crippen LogP contribution in [0.25, 0.3) is 0 Å². The number of ether oxygens (including phenoxy) is 1. The normalized spacial score (nSPS) is 10.5. The van der Waals surface area contributed by atoms with Crippen molar-refractivity contribution in [2.24, 2.45) is 0 Å². The zero-order chi connectivity index (χ0) is 18.2. The predicted molar refractivity (Wildman–Crippen MR) is 99.0 cm³/mol. The zero-order valence-electron chi connectivity index (χ0n) is 14.7. The second-order valence-corrected chi connectivity index (χ2v) is 6.06. The number of aryl methyl sites for hydroxylation is 1. The predicted octanol–water partition coefficient (Wildman–Crippen LogP) is 2.44. The number of nitrogens with one attached hydrogen (secondary N) is 2. The van der Waals surface area contributed by atoms with E-state index in [1.165, 1.54) is 11.1 Å². The molecule has 0 atom stereocenters. The molecular weight excluding hydrogens is 328 g/mol. The number of aromatic amines is 1. The Balaban J connectivity index is 1.39. The highest BCUT2D eigenvalue weighted by Crippen LogP contribution is 2.08. The molecule has 0 radical (unpaired) electrons. The molecule has 0 unspecified atom stereocenters. The number of carbonyl (C=O) groups is 1. The number of H-pyrrole nitrogens is 1.